The number of Topliss-reactive ketones (excluding diaryl/α,β-unsaturated/α-hetero) is 1. The molecule has 0 aliphatic carbocycles. The second-order valence-electron chi connectivity index (χ2n) is 3.01. The summed E-state index contributed by atoms with van der Waals surface area (Å²) in [4.78, 5) is 20.0. The van der Waals surface area contributed by atoms with Gasteiger partial charge in [-0.3, -0.25) is 4.79 Å². The van der Waals surface area contributed by atoms with E-state index < -0.39 is 0 Å². The SMILES string of the molecule is CC(=O)c1cnc(-c2cn(C)cn2)s1. The van der Waals surface area contributed by atoms with Gasteiger partial charge in [0.15, 0.2) is 5.78 Å². The van der Waals surface area contributed by atoms with Gasteiger partial charge in [0.1, 0.15) is 10.7 Å². The first-order valence-electron chi connectivity index (χ1n) is 4.12. The molecule has 0 aliphatic heterocycles. The molecule has 0 amide bonds. The topological polar surface area (TPSA) is 47.8 Å². The maximum Gasteiger partial charge on any atom is 0.171 e. The van der Waals surface area contributed by atoms with E-state index >= 15 is 0 Å². The number of thiazole rings is 1. The van der Waals surface area contributed by atoms with E-state index in [1.165, 1.54) is 18.3 Å². The molecule has 5 heteroatoms. The van der Waals surface area contributed by atoms with Gasteiger partial charge in [-0.05, 0) is 0 Å². The Hall–Kier alpha value is -1.49. The number of aryl methyl sites for hydroxylation is 1. The minimum absolute atomic E-state index is 0.0460. The van der Waals surface area contributed by atoms with Crippen molar-refractivity contribution in [2.24, 2.45) is 7.05 Å². The molecular formula is C9H9N3OS. The number of imidazole rings is 1. The van der Waals surface area contributed by atoms with Crippen LogP contribution in [0.5, 0.6) is 0 Å². The summed E-state index contributed by atoms with van der Waals surface area (Å²) < 4.78 is 1.85. The monoisotopic (exact) mass is 207 g/mol. The first-order valence-corrected chi connectivity index (χ1v) is 4.93. The molecule has 2 rings (SSSR count). The third-order valence-corrected chi connectivity index (χ3v) is 2.90. The maximum atomic E-state index is 11.0. The van der Waals surface area contributed by atoms with Crippen LogP contribution in [0.2, 0.25) is 0 Å². The van der Waals surface area contributed by atoms with Gasteiger partial charge in [0.05, 0.1) is 11.2 Å². The van der Waals surface area contributed by atoms with Crippen molar-refractivity contribution in [3.8, 4) is 10.7 Å². The Morgan fingerprint density at radius 2 is 2.29 bits per heavy atom. The largest absolute Gasteiger partial charge is 0.340 e. The Labute approximate surface area is 85.2 Å². The average molecular weight is 207 g/mol. The summed E-state index contributed by atoms with van der Waals surface area (Å²) in [6.45, 7) is 1.54. The Morgan fingerprint density at radius 1 is 1.50 bits per heavy atom. The lowest BCUT2D eigenvalue weighted by Crippen LogP contribution is -1.83. The zero-order valence-corrected chi connectivity index (χ0v) is 8.71. The van der Waals surface area contributed by atoms with Crippen molar-refractivity contribution in [2.45, 2.75) is 6.92 Å². The summed E-state index contributed by atoms with van der Waals surface area (Å²) in [6, 6.07) is 0. The van der Waals surface area contributed by atoms with Crippen molar-refractivity contribution in [2.75, 3.05) is 0 Å². The lowest BCUT2D eigenvalue weighted by Gasteiger charge is -1.85. The molecule has 14 heavy (non-hydrogen) atoms. The second-order valence-corrected chi connectivity index (χ2v) is 4.04. The number of rotatable bonds is 2. The highest BCUT2D eigenvalue weighted by atomic mass is 32.1. The van der Waals surface area contributed by atoms with Crippen LogP contribution in [-0.2, 0) is 7.05 Å². The molecule has 0 aromatic carbocycles. The molecule has 0 saturated heterocycles. The van der Waals surface area contributed by atoms with Gasteiger partial charge in [-0.15, -0.1) is 11.3 Å². The zero-order valence-electron chi connectivity index (χ0n) is 7.89. The number of carbonyl (C=O) groups is 1. The van der Waals surface area contributed by atoms with E-state index in [0.717, 1.165) is 10.7 Å². The molecule has 72 valence electrons. The molecule has 0 spiro atoms. The summed E-state index contributed by atoms with van der Waals surface area (Å²) >= 11 is 1.37. The highest BCUT2D eigenvalue weighted by Crippen LogP contribution is 2.23. The number of ketones is 1. The quantitative estimate of drug-likeness (QED) is 0.705. The number of aromatic nitrogens is 3. The van der Waals surface area contributed by atoms with Crippen LogP contribution in [0.4, 0.5) is 0 Å². The van der Waals surface area contributed by atoms with Gasteiger partial charge in [-0.2, -0.15) is 0 Å². The van der Waals surface area contributed by atoms with Gasteiger partial charge >= 0.3 is 0 Å². The maximum absolute atomic E-state index is 11.0. The van der Waals surface area contributed by atoms with E-state index in [9.17, 15) is 4.79 Å². The van der Waals surface area contributed by atoms with Crippen molar-refractivity contribution in [1.29, 1.82) is 0 Å². The number of carbonyl (C=O) groups excluding carboxylic acids is 1. The first-order chi connectivity index (χ1) is 6.66. The Balaban J connectivity index is 2.38. The predicted octanol–water partition coefficient (Wildman–Crippen LogP) is 1.75. The normalized spacial score (nSPS) is 10.4. The van der Waals surface area contributed by atoms with Crippen LogP contribution in [0, 0.1) is 0 Å². The van der Waals surface area contributed by atoms with Crippen molar-refractivity contribution < 1.29 is 4.79 Å². The molecule has 0 radical (unpaired) electrons. The van der Waals surface area contributed by atoms with Gasteiger partial charge in [-0.1, -0.05) is 0 Å². The number of nitrogens with zero attached hydrogens (tertiary/aromatic N) is 3. The third kappa shape index (κ3) is 1.58. The molecule has 0 atom stereocenters. The van der Waals surface area contributed by atoms with Crippen LogP contribution in [0.1, 0.15) is 16.6 Å². The van der Waals surface area contributed by atoms with E-state index in [0.29, 0.717) is 4.88 Å². The van der Waals surface area contributed by atoms with Gasteiger partial charge < -0.3 is 4.57 Å². The van der Waals surface area contributed by atoms with Crippen LogP contribution in [-0.4, -0.2) is 20.3 Å². The average Bonchev–Trinajstić information content (AvgIpc) is 2.70. The molecule has 0 bridgehead atoms. The number of hydrogen-bond donors (Lipinski definition) is 0. The summed E-state index contributed by atoms with van der Waals surface area (Å²) in [5.41, 5.74) is 0.810. The van der Waals surface area contributed by atoms with Crippen LogP contribution in [0.3, 0.4) is 0 Å². The fourth-order valence-electron chi connectivity index (χ4n) is 1.08. The van der Waals surface area contributed by atoms with Gasteiger partial charge in [0.2, 0.25) is 0 Å². The van der Waals surface area contributed by atoms with E-state index in [1.54, 1.807) is 12.5 Å². The van der Waals surface area contributed by atoms with Crippen molar-refractivity contribution in [3.05, 3.63) is 23.6 Å². The molecule has 2 heterocycles. The van der Waals surface area contributed by atoms with Crippen LogP contribution in [0.15, 0.2) is 18.7 Å². The zero-order chi connectivity index (χ0) is 10.1. The number of hydrogen-bond acceptors (Lipinski definition) is 4. The van der Waals surface area contributed by atoms with Gasteiger partial charge in [0.25, 0.3) is 0 Å². The van der Waals surface area contributed by atoms with E-state index in [1.807, 2.05) is 17.8 Å². The van der Waals surface area contributed by atoms with Crippen molar-refractivity contribution in [3.63, 3.8) is 0 Å². The highest BCUT2D eigenvalue weighted by Gasteiger charge is 2.09. The van der Waals surface area contributed by atoms with E-state index in [2.05, 4.69) is 9.97 Å². The predicted molar refractivity (Wildman–Crippen MR) is 54.3 cm³/mol. The first kappa shape index (κ1) is 9.08. The standard InChI is InChI=1S/C9H9N3OS/c1-6(13)8-3-10-9(14-8)7-4-12(2)5-11-7/h3-5H,1-2H3. The summed E-state index contributed by atoms with van der Waals surface area (Å²) in [5.74, 6) is 0.0460. The van der Waals surface area contributed by atoms with Gasteiger partial charge in [0, 0.05) is 26.4 Å². The minimum atomic E-state index is 0.0460. The Kier molecular flexibility index (Phi) is 2.17. The molecule has 0 aliphatic rings. The fourth-order valence-corrected chi connectivity index (χ4v) is 1.85. The summed E-state index contributed by atoms with van der Waals surface area (Å²) in [5, 5.41) is 0.788. The van der Waals surface area contributed by atoms with E-state index in [4.69, 9.17) is 0 Å². The summed E-state index contributed by atoms with van der Waals surface area (Å²) in [6.07, 6.45) is 5.18. The molecule has 0 N–H and O–H groups in total. The highest BCUT2D eigenvalue weighted by molar-refractivity contribution is 7.16. The Morgan fingerprint density at radius 3 is 2.79 bits per heavy atom. The van der Waals surface area contributed by atoms with Crippen LogP contribution >= 0.6 is 11.3 Å². The third-order valence-electron chi connectivity index (χ3n) is 1.78. The second kappa shape index (κ2) is 3.34. The molecule has 2 aromatic rings. The fraction of sp³-hybridized carbons (Fsp3) is 0.222. The van der Waals surface area contributed by atoms with Crippen LogP contribution in [0.25, 0.3) is 10.7 Å². The smallest absolute Gasteiger partial charge is 0.171 e. The summed E-state index contributed by atoms with van der Waals surface area (Å²) in [7, 11) is 1.90. The Bertz CT molecular complexity index is 472. The molecule has 0 unspecified atom stereocenters. The molecule has 0 fully saturated rings. The lowest BCUT2D eigenvalue weighted by atomic mass is 10.4. The van der Waals surface area contributed by atoms with E-state index in [-0.39, 0.29) is 5.78 Å². The molecule has 2 aromatic heterocycles. The van der Waals surface area contributed by atoms with Crippen LogP contribution < -0.4 is 0 Å². The molecule has 4 nitrogen and oxygen atoms in total. The molecule has 0 saturated carbocycles. The van der Waals surface area contributed by atoms with Crippen molar-refractivity contribution in [1.82, 2.24) is 14.5 Å². The molecular weight excluding hydrogens is 198 g/mol. The lowest BCUT2D eigenvalue weighted by molar-refractivity contribution is 0.102. The van der Waals surface area contributed by atoms with Crippen molar-refractivity contribution >= 4 is 17.1 Å². The van der Waals surface area contributed by atoms with Gasteiger partial charge in [-0.25, -0.2) is 9.97 Å². The minimum Gasteiger partial charge on any atom is -0.340 e.